The lowest BCUT2D eigenvalue weighted by atomic mass is 10.0. The van der Waals surface area contributed by atoms with Crippen molar-refractivity contribution in [1.82, 2.24) is 0 Å². The van der Waals surface area contributed by atoms with E-state index in [9.17, 15) is 9.18 Å². The molecule has 0 amide bonds. The van der Waals surface area contributed by atoms with Gasteiger partial charge in [0.05, 0.1) is 0 Å². The zero-order chi connectivity index (χ0) is 9.84. The lowest BCUT2D eigenvalue weighted by Gasteiger charge is -2.01. The summed E-state index contributed by atoms with van der Waals surface area (Å²) in [6.07, 6.45) is 1.78. The Labute approximate surface area is 77.6 Å². The van der Waals surface area contributed by atoms with E-state index >= 15 is 0 Å². The van der Waals surface area contributed by atoms with Crippen molar-refractivity contribution in [1.29, 1.82) is 0 Å². The molecular formula is C11H13FO. The number of halogens is 1. The first kappa shape index (κ1) is 9.90. The summed E-state index contributed by atoms with van der Waals surface area (Å²) in [4.78, 5) is 11.0. The highest BCUT2D eigenvalue weighted by Crippen LogP contribution is 2.11. The molecule has 1 aromatic rings. The Morgan fingerprint density at radius 1 is 1.38 bits per heavy atom. The number of hydrogen-bond donors (Lipinski definition) is 0. The Morgan fingerprint density at radius 3 is 2.62 bits per heavy atom. The van der Waals surface area contributed by atoms with Crippen LogP contribution in [0.15, 0.2) is 18.2 Å². The summed E-state index contributed by atoms with van der Waals surface area (Å²) in [5.41, 5.74) is 1.36. The highest BCUT2D eigenvalue weighted by Gasteiger charge is 2.03. The molecule has 0 saturated carbocycles. The van der Waals surface area contributed by atoms with E-state index in [0.717, 1.165) is 18.4 Å². The minimum absolute atomic E-state index is 0.0862. The van der Waals surface area contributed by atoms with Crippen LogP contribution in [0.25, 0.3) is 0 Å². The lowest BCUT2D eigenvalue weighted by Crippen LogP contribution is -1.96. The van der Waals surface area contributed by atoms with Crippen LogP contribution in [0.5, 0.6) is 0 Å². The number of rotatable bonds is 3. The van der Waals surface area contributed by atoms with Gasteiger partial charge in [0.15, 0.2) is 5.78 Å². The predicted molar refractivity (Wildman–Crippen MR) is 50.4 cm³/mol. The summed E-state index contributed by atoms with van der Waals surface area (Å²) < 4.78 is 13.0. The summed E-state index contributed by atoms with van der Waals surface area (Å²) >= 11 is 0. The van der Waals surface area contributed by atoms with Gasteiger partial charge in [0.25, 0.3) is 0 Å². The zero-order valence-corrected chi connectivity index (χ0v) is 7.93. The first-order valence-electron chi connectivity index (χ1n) is 4.44. The zero-order valence-electron chi connectivity index (χ0n) is 7.93. The van der Waals surface area contributed by atoms with Gasteiger partial charge in [0.2, 0.25) is 0 Å². The van der Waals surface area contributed by atoms with Crippen LogP contribution in [0.3, 0.4) is 0 Å². The van der Waals surface area contributed by atoms with Crippen molar-refractivity contribution >= 4 is 5.78 Å². The van der Waals surface area contributed by atoms with Crippen molar-refractivity contribution in [2.75, 3.05) is 0 Å². The lowest BCUT2D eigenvalue weighted by molar-refractivity contribution is 0.101. The molecule has 1 nitrogen and oxygen atoms in total. The van der Waals surface area contributed by atoms with Gasteiger partial charge in [-0.15, -0.1) is 0 Å². The highest BCUT2D eigenvalue weighted by atomic mass is 19.1. The molecule has 0 N–H and O–H groups in total. The van der Waals surface area contributed by atoms with Crippen LogP contribution < -0.4 is 0 Å². The molecule has 13 heavy (non-hydrogen) atoms. The molecule has 0 spiro atoms. The largest absolute Gasteiger partial charge is 0.295 e. The highest BCUT2D eigenvalue weighted by molar-refractivity contribution is 5.94. The third kappa shape index (κ3) is 2.65. The Morgan fingerprint density at radius 2 is 2.08 bits per heavy atom. The molecule has 0 unspecified atom stereocenters. The third-order valence-corrected chi connectivity index (χ3v) is 1.90. The molecule has 0 aliphatic rings. The van der Waals surface area contributed by atoms with Crippen molar-refractivity contribution < 1.29 is 9.18 Å². The number of benzene rings is 1. The average molecular weight is 180 g/mol. The normalized spacial score (nSPS) is 10.1. The van der Waals surface area contributed by atoms with Crippen molar-refractivity contribution in [3.8, 4) is 0 Å². The first-order chi connectivity index (χ1) is 6.13. The van der Waals surface area contributed by atoms with Crippen LogP contribution in [-0.2, 0) is 6.42 Å². The van der Waals surface area contributed by atoms with E-state index in [4.69, 9.17) is 0 Å². The van der Waals surface area contributed by atoms with Gasteiger partial charge in [0.1, 0.15) is 5.82 Å². The van der Waals surface area contributed by atoms with Crippen LogP contribution in [0.1, 0.15) is 36.2 Å². The van der Waals surface area contributed by atoms with Crippen LogP contribution >= 0.6 is 0 Å². The first-order valence-corrected chi connectivity index (χ1v) is 4.44. The van der Waals surface area contributed by atoms with Crippen molar-refractivity contribution in [3.63, 3.8) is 0 Å². The quantitative estimate of drug-likeness (QED) is 0.653. The number of carbonyl (C=O) groups is 1. The summed E-state index contributed by atoms with van der Waals surface area (Å²) in [5, 5.41) is 0. The molecule has 0 aliphatic carbocycles. The number of aryl methyl sites for hydroxylation is 1. The van der Waals surface area contributed by atoms with Gasteiger partial charge < -0.3 is 0 Å². The second kappa shape index (κ2) is 4.17. The molecule has 1 rings (SSSR count). The molecule has 0 atom stereocenters. The topological polar surface area (TPSA) is 17.1 Å². The second-order valence-corrected chi connectivity index (χ2v) is 3.15. The number of carbonyl (C=O) groups excluding carboxylic acids is 1. The SMILES string of the molecule is CCCc1cc(F)cc(C(C)=O)c1. The van der Waals surface area contributed by atoms with Gasteiger partial charge in [-0.2, -0.15) is 0 Å². The smallest absolute Gasteiger partial charge is 0.159 e. The van der Waals surface area contributed by atoms with Crippen LogP contribution in [0.2, 0.25) is 0 Å². The summed E-state index contributed by atoms with van der Waals surface area (Å²) in [5.74, 6) is -0.409. The van der Waals surface area contributed by atoms with Crippen molar-refractivity contribution in [3.05, 3.63) is 35.1 Å². The summed E-state index contributed by atoms with van der Waals surface area (Å²) in [6.45, 7) is 3.48. The number of ketones is 1. The maximum Gasteiger partial charge on any atom is 0.159 e. The Kier molecular flexibility index (Phi) is 3.18. The molecule has 0 heterocycles. The maximum atomic E-state index is 13.0. The standard InChI is InChI=1S/C11H13FO/c1-3-4-9-5-10(8(2)13)7-11(12)6-9/h5-7H,3-4H2,1-2H3. The van der Waals surface area contributed by atoms with Crippen LogP contribution in [0.4, 0.5) is 4.39 Å². The second-order valence-electron chi connectivity index (χ2n) is 3.15. The van der Waals surface area contributed by atoms with Crippen LogP contribution in [0, 0.1) is 5.82 Å². The number of Topliss-reactive ketones (excluding diaryl/α,β-unsaturated/α-hetero) is 1. The van der Waals surface area contributed by atoms with Gasteiger partial charge in [-0.25, -0.2) is 4.39 Å². The number of hydrogen-bond acceptors (Lipinski definition) is 1. The molecule has 2 heteroatoms. The van der Waals surface area contributed by atoms with E-state index < -0.39 is 0 Å². The van der Waals surface area contributed by atoms with Gasteiger partial charge in [-0.05, 0) is 37.1 Å². The predicted octanol–water partition coefficient (Wildman–Crippen LogP) is 2.98. The minimum atomic E-state index is -0.323. The summed E-state index contributed by atoms with van der Waals surface area (Å²) in [7, 11) is 0. The fraction of sp³-hybridized carbons (Fsp3) is 0.364. The molecule has 0 saturated heterocycles. The van der Waals surface area contributed by atoms with Crippen molar-refractivity contribution in [2.45, 2.75) is 26.7 Å². The Balaban J connectivity index is 3.03. The molecule has 0 bridgehead atoms. The Hall–Kier alpha value is -1.18. The van der Waals surface area contributed by atoms with Crippen molar-refractivity contribution in [2.24, 2.45) is 0 Å². The van der Waals surface area contributed by atoms with Gasteiger partial charge >= 0.3 is 0 Å². The van der Waals surface area contributed by atoms with Gasteiger partial charge in [0, 0.05) is 5.56 Å². The molecule has 0 aliphatic heterocycles. The van der Waals surface area contributed by atoms with E-state index in [1.807, 2.05) is 6.92 Å². The minimum Gasteiger partial charge on any atom is -0.295 e. The van der Waals surface area contributed by atoms with E-state index in [0.29, 0.717) is 5.56 Å². The van der Waals surface area contributed by atoms with Gasteiger partial charge in [-0.1, -0.05) is 13.3 Å². The molecule has 1 aromatic carbocycles. The monoisotopic (exact) mass is 180 g/mol. The molecule has 70 valence electrons. The molecular weight excluding hydrogens is 167 g/mol. The summed E-state index contributed by atoms with van der Waals surface area (Å²) in [6, 6.07) is 4.52. The van der Waals surface area contributed by atoms with Gasteiger partial charge in [-0.3, -0.25) is 4.79 Å². The maximum absolute atomic E-state index is 13.0. The molecule has 0 aromatic heterocycles. The fourth-order valence-electron chi connectivity index (χ4n) is 1.29. The van der Waals surface area contributed by atoms with Crippen LogP contribution in [-0.4, -0.2) is 5.78 Å². The van der Waals surface area contributed by atoms with E-state index in [1.54, 1.807) is 6.07 Å². The fourth-order valence-corrected chi connectivity index (χ4v) is 1.29. The Bertz CT molecular complexity index is 318. The third-order valence-electron chi connectivity index (χ3n) is 1.90. The average Bonchev–Trinajstić information content (AvgIpc) is 2.03. The van der Waals surface area contributed by atoms with E-state index in [-0.39, 0.29) is 11.6 Å². The molecule has 0 radical (unpaired) electrons. The van der Waals surface area contributed by atoms with E-state index in [1.165, 1.54) is 19.1 Å². The molecule has 0 fully saturated rings. The van der Waals surface area contributed by atoms with E-state index in [2.05, 4.69) is 0 Å².